The predicted molar refractivity (Wildman–Crippen MR) is 99.3 cm³/mol. The van der Waals surface area contributed by atoms with Crippen molar-refractivity contribution in [2.45, 2.75) is 47.0 Å². The first-order valence-corrected chi connectivity index (χ1v) is 8.40. The Balaban J connectivity index is 2.35. The van der Waals surface area contributed by atoms with Gasteiger partial charge in [0.05, 0.1) is 7.11 Å². The van der Waals surface area contributed by atoms with Crippen molar-refractivity contribution in [2.24, 2.45) is 0 Å². The second-order valence-electron chi connectivity index (χ2n) is 7.14. The van der Waals surface area contributed by atoms with Crippen molar-refractivity contribution in [2.75, 3.05) is 7.11 Å². The van der Waals surface area contributed by atoms with E-state index in [4.69, 9.17) is 4.74 Å². The lowest BCUT2D eigenvalue weighted by molar-refractivity contribution is 0.409. The molecule has 0 fully saturated rings. The van der Waals surface area contributed by atoms with Gasteiger partial charge in [-0.05, 0) is 61.4 Å². The summed E-state index contributed by atoms with van der Waals surface area (Å²) in [7, 11) is 1.80. The van der Waals surface area contributed by atoms with Gasteiger partial charge in [-0.25, -0.2) is 0 Å². The van der Waals surface area contributed by atoms with E-state index in [1.54, 1.807) is 7.11 Å². The molecule has 2 aromatic carbocycles. The third-order valence-electron chi connectivity index (χ3n) is 4.64. The molecule has 0 amide bonds. The molecular weight excluding hydrogens is 280 g/mol. The highest BCUT2D eigenvalue weighted by Crippen LogP contribution is 2.45. The third kappa shape index (κ3) is 2.81. The van der Waals surface area contributed by atoms with Gasteiger partial charge in [0.25, 0.3) is 0 Å². The molecular formula is C22H26O. The number of hydrogen-bond donors (Lipinski definition) is 0. The van der Waals surface area contributed by atoms with Crippen LogP contribution in [-0.2, 0) is 6.42 Å². The van der Waals surface area contributed by atoms with Crippen molar-refractivity contribution >= 4 is 6.08 Å². The Morgan fingerprint density at radius 3 is 2.17 bits per heavy atom. The van der Waals surface area contributed by atoms with E-state index in [-0.39, 0.29) is 0 Å². The van der Waals surface area contributed by atoms with Crippen molar-refractivity contribution in [3.8, 4) is 16.9 Å². The second kappa shape index (κ2) is 5.88. The molecule has 3 rings (SSSR count). The molecule has 2 aromatic rings. The highest BCUT2D eigenvalue weighted by molar-refractivity contribution is 5.84. The topological polar surface area (TPSA) is 9.23 Å². The van der Waals surface area contributed by atoms with Gasteiger partial charge in [0.15, 0.2) is 0 Å². The van der Waals surface area contributed by atoms with Gasteiger partial charge in [-0.2, -0.15) is 0 Å². The van der Waals surface area contributed by atoms with E-state index in [1.807, 2.05) is 0 Å². The molecule has 120 valence electrons. The maximum absolute atomic E-state index is 5.91. The van der Waals surface area contributed by atoms with Gasteiger partial charge in [0.1, 0.15) is 5.75 Å². The van der Waals surface area contributed by atoms with E-state index < -0.39 is 0 Å². The van der Waals surface area contributed by atoms with Crippen LogP contribution in [0.3, 0.4) is 0 Å². The van der Waals surface area contributed by atoms with Gasteiger partial charge in [0, 0.05) is 5.56 Å². The zero-order valence-electron chi connectivity index (χ0n) is 15.1. The van der Waals surface area contributed by atoms with Crippen LogP contribution in [0, 0.1) is 13.8 Å². The van der Waals surface area contributed by atoms with E-state index in [0.29, 0.717) is 5.92 Å². The average Bonchev–Trinajstić information content (AvgIpc) is 2.83. The number of ether oxygens (including phenoxy) is 1. The molecule has 0 saturated carbocycles. The summed E-state index contributed by atoms with van der Waals surface area (Å²) in [6, 6.07) is 9.11. The summed E-state index contributed by atoms with van der Waals surface area (Å²) in [6.45, 7) is 11.0. The fourth-order valence-electron chi connectivity index (χ4n) is 3.73. The molecule has 0 atom stereocenters. The van der Waals surface area contributed by atoms with Crippen LogP contribution in [0.4, 0.5) is 0 Å². The first-order valence-electron chi connectivity index (χ1n) is 8.40. The quantitative estimate of drug-likeness (QED) is 0.669. The minimum atomic E-state index is 0.439. The Kier molecular flexibility index (Phi) is 4.06. The summed E-state index contributed by atoms with van der Waals surface area (Å²) < 4.78 is 5.91. The Labute approximate surface area is 140 Å². The summed E-state index contributed by atoms with van der Waals surface area (Å²) >= 11 is 0. The Morgan fingerprint density at radius 1 is 0.957 bits per heavy atom. The lowest BCUT2D eigenvalue weighted by atomic mass is 9.88. The van der Waals surface area contributed by atoms with Gasteiger partial charge >= 0.3 is 0 Å². The van der Waals surface area contributed by atoms with Crippen molar-refractivity contribution < 1.29 is 4.74 Å². The van der Waals surface area contributed by atoms with Crippen molar-refractivity contribution in [3.63, 3.8) is 0 Å². The van der Waals surface area contributed by atoms with Crippen LogP contribution in [0.1, 0.15) is 54.5 Å². The van der Waals surface area contributed by atoms with Crippen LogP contribution in [-0.4, -0.2) is 7.11 Å². The minimum absolute atomic E-state index is 0.439. The van der Waals surface area contributed by atoms with Crippen LogP contribution in [0.2, 0.25) is 0 Å². The lowest BCUT2D eigenvalue weighted by Gasteiger charge is -2.21. The molecule has 1 heteroatoms. The smallest absolute Gasteiger partial charge is 0.130 e. The standard InChI is InChI=1S/C22H26O/c1-13(2)19-12-17-8-16(5)11-20(17)21(22(19)23-6)18-9-14(3)7-15(4)10-18/h7-10,12-13H,11H2,1-6H3. The molecule has 23 heavy (non-hydrogen) atoms. The summed E-state index contributed by atoms with van der Waals surface area (Å²) in [4.78, 5) is 0. The predicted octanol–water partition coefficient (Wildman–Crippen LogP) is 6.06. The largest absolute Gasteiger partial charge is 0.496 e. The molecule has 1 aliphatic carbocycles. The summed E-state index contributed by atoms with van der Waals surface area (Å²) in [6.07, 6.45) is 3.35. The number of rotatable bonds is 3. The Hall–Kier alpha value is -2.02. The number of benzene rings is 2. The molecule has 0 heterocycles. The molecule has 0 N–H and O–H groups in total. The fraction of sp³-hybridized carbons (Fsp3) is 0.364. The Bertz CT molecular complexity index is 774. The van der Waals surface area contributed by atoms with Crippen LogP contribution < -0.4 is 4.74 Å². The van der Waals surface area contributed by atoms with Crippen LogP contribution in [0.5, 0.6) is 5.75 Å². The fourth-order valence-corrected chi connectivity index (χ4v) is 3.73. The zero-order valence-corrected chi connectivity index (χ0v) is 15.1. The summed E-state index contributed by atoms with van der Waals surface area (Å²) in [5, 5.41) is 0. The molecule has 0 radical (unpaired) electrons. The minimum Gasteiger partial charge on any atom is -0.496 e. The van der Waals surface area contributed by atoms with E-state index in [9.17, 15) is 0 Å². The molecule has 1 nitrogen and oxygen atoms in total. The number of hydrogen-bond acceptors (Lipinski definition) is 1. The Morgan fingerprint density at radius 2 is 1.61 bits per heavy atom. The van der Waals surface area contributed by atoms with Gasteiger partial charge in [-0.15, -0.1) is 0 Å². The molecule has 0 unspecified atom stereocenters. The third-order valence-corrected chi connectivity index (χ3v) is 4.64. The molecule has 0 spiro atoms. The van der Waals surface area contributed by atoms with Gasteiger partial charge in [-0.1, -0.05) is 54.8 Å². The SMILES string of the molecule is COc1c(C(C)C)cc2c(c1-c1cc(C)cc(C)c1)CC(C)=C2. The molecule has 0 saturated heterocycles. The number of methoxy groups -OCH3 is 1. The van der Waals surface area contributed by atoms with E-state index in [1.165, 1.54) is 44.5 Å². The van der Waals surface area contributed by atoms with Crippen LogP contribution >= 0.6 is 0 Å². The van der Waals surface area contributed by atoms with Gasteiger partial charge in [0.2, 0.25) is 0 Å². The number of allylic oxidation sites excluding steroid dienone is 1. The van der Waals surface area contributed by atoms with E-state index in [2.05, 4.69) is 65.0 Å². The maximum atomic E-state index is 5.91. The van der Waals surface area contributed by atoms with Crippen molar-refractivity contribution in [1.82, 2.24) is 0 Å². The highest BCUT2D eigenvalue weighted by Gasteiger charge is 2.24. The molecule has 1 aliphatic rings. The van der Waals surface area contributed by atoms with Gasteiger partial charge < -0.3 is 4.74 Å². The van der Waals surface area contributed by atoms with Crippen LogP contribution in [0.25, 0.3) is 17.2 Å². The zero-order chi connectivity index (χ0) is 16.7. The lowest BCUT2D eigenvalue weighted by Crippen LogP contribution is -2.02. The monoisotopic (exact) mass is 306 g/mol. The first-order chi connectivity index (χ1) is 10.9. The molecule has 0 aliphatic heterocycles. The number of aryl methyl sites for hydroxylation is 2. The van der Waals surface area contributed by atoms with Crippen molar-refractivity contribution in [3.05, 3.63) is 57.7 Å². The first kappa shape index (κ1) is 15.9. The molecule has 0 bridgehead atoms. The summed E-state index contributed by atoms with van der Waals surface area (Å²) in [5.74, 6) is 1.49. The number of fused-ring (bicyclic) bond motifs is 1. The van der Waals surface area contributed by atoms with Gasteiger partial charge in [-0.3, -0.25) is 0 Å². The summed E-state index contributed by atoms with van der Waals surface area (Å²) in [5.41, 5.74) is 10.7. The van der Waals surface area contributed by atoms with Crippen molar-refractivity contribution in [1.29, 1.82) is 0 Å². The van der Waals surface area contributed by atoms with E-state index >= 15 is 0 Å². The van der Waals surface area contributed by atoms with E-state index in [0.717, 1.165) is 12.2 Å². The maximum Gasteiger partial charge on any atom is 0.130 e. The normalized spacial score (nSPS) is 13.3. The molecule has 0 aromatic heterocycles. The van der Waals surface area contributed by atoms with Crippen LogP contribution in [0.15, 0.2) is 29.8 Å². The average molecular weight is 306 g/mol. The highest BCUT2D eigenvalue weighted by atomic mass is 16.5. The second-order valence-corrected chi connectivity index (χ2v) is 7.14.